The maximum Gasteiger partial charge on any atom is 0.338 e. The van der Waals surface area contributed by atoms with E-state index in [0.717, 1.165) is 0 Å². The minimum Gasteiger partial charge on any atom is -0.494 e. The Balaban J connectivity index is 1.96. The molecule has 0 aliphatic rings. The van der Waals surface area contributed by atoms with Gasteiger partial charge in [0.2, 0.25) is 0 Å². The molecule has 0 unspecified atom stereocenters. The van der Waals surface area contributed by atoms with Gasteiger partial charge in [-0.2, -0.15) is 0 Å². The third-order valence-electron chi connectivity index (χ3n) is 3.64. The second-order valence-corrected chi connectivity index (χ2v) is 6.34. The summed E-state index contributed by atoms with van der Waals surface area (Å²) >= 11 is 0. The molecule has 0 spiro atoms. The summed E-state index contributed by atoms with van der Waals surface area (Å²) in [7, 11) is 0. The molecule has 2 rings (SSSR count). The van der Waals surface area contributed by atoms with Crippen LogP contribution in [0.3, 0.4) is 0 Å². The molecule has 0 atom stereocenters. The fourth-order valence-electron chi connectivity index (χ4n) is 2.45. The first-order valence-corrected chi connectivity index (χ1v) is 9.56. The van der Waals surface area contributed by atoms with Crippen LogP contribution in [0.5, 0.6) is 17.2 Å². The van der Waals surface area contributed by atoms with Crippen LogP contribution >= 0.6 is 0 Å². The van der Waals surface area contributed by atoms with Crippen molar-refractivity contribution in [2.75, 3.05) is 25.1 Å². The number of nitrogens with one attached hydrogen (secondary N) is 1. The number of esters is 1. The second-order valence-electron chi connectivity index (χ2n) is 6.34. The molecular formula is C22H27NO6. The summed E-state index contributed by atoms with van der Waals surface area (Å²) < 4.78 is 21.6. The van der Waals surface area contributed by atoms with Crippen molar-refractivity contribution >= 4 is 17.6 Å². The Bertz CT molecular complexity index is 817. The Morgan fingerprint density at radius 3 is 2.17 bits per heavy atom. The molecule has 0 fully saturated rings. The number of hydrogen-bond donors (Lipinski definition) is 1. The number of rotatable bonds is 10. The van der Waals surface area contributed by atoms with Crippen molar-refractivity contribution in [3.05, 3.63) is 48.0 Å². The van der Waals surface area contributed by atoms with Gasteiger partial charge in [-0.1, -0.05) is 0 Å². The average Bonchev–Trinajstić information content (AvgIpc) is 2.68. The van der Waals surface area contributed by atoms with E-state index in [0.29, 0.717) is 41.7 Å². The van der Waals surface area contributed by atoms with Crippen molar-refractivity contribution in [3.8, 4) is 17.2 Å². The van der Waals surface area contributed by atoms with E-state index in [4.69, 9.17) is 18.9 Å². The summed E-state index contributed by atoms with van der Waals surface area (Å²) in [5, 5.41) is 2.77. The molecule has 2 aromatic carbocycles. The van der Waals surface area contributed by atoms with Crippen molar-refractivity contribution in [3.63, 3.8) is 0 Å². The zero-order chi connectivity index (χ0) is 21.2. The second kappa shape index (κ2) is 10.9. The van der Waals surface area contributed by atoms with Crippen molar-refractivity contribution in [2.45, 2.75) is 33.8 Å². The van der Waals surface area contributed by atoms with E-state index in [1.807, 2.05) is 13.8 Å². The molecule has 0 radical (unpaired) electrons. The molecule has 0 bridgehead atoms. The van der Waals surface area contributed by atoms with Crippen molar-refractivity contribution < 1.29 is 28.5 Å². The summed E-state index contributed by atoms with van der Waals surface area (Å²) in [4.78, 5) is 24.1. The molecule has 0 aliphatic carbocycles. The van der Waals surface area contributed by atoms with Crippen LogP contribution in [0.25, 0.3) is 0 Å². The third-order valence-corrected chi connectivity index (χ3v) is 3.64. The number of hydrogen-bond acceptors (Lipinski definition) is 6. The Morgan fingerprint density at radius 1 is 0.897 bits per heavy atom. The Morgan fingerprint density at radius 2 is 1.55 bits per heavy atom. The molecule has 7 heteroatoms. The monoisotopic (exact) mass is 401 g/mol. The zero-order valence-corrected chi connectivity index (χ0v) is 17.2. The van der Waals surface area contributed by atoms with E-state index in [1.165, 1.54) is 0 Å². The largest absolute Gasteiger partial charge is 0.494 e. The lowest BCUT2D eigenvalue weighted by Crippen LogP contribution is -2.20. The van der Waals surface area contributed by atoms with Gasteiger partial charge in [0.05, 0.1) is 30.6 Å². The fourth-order valence-corrected chi connectivity index (χ4v) is 2.45. The Kier molecular flexibility index (Phi) is 8.33. The van der Waals surface area contributed by atoms with Gasteiger partial charge in [-0.3, -0.25) is 4.79 Å². The first-order chi connectivity index (χ1) is 13.9. The maximum atomic E-state index is 12.3. The molecule has 2 aromatic rings. The number of benzene rings is 2. The quantitative estimate of drug-likeness (QED) is 0.605. The van der Waals surface area contributed by atoms with Crippen molar-refractivity contribution in [1.29, 1.82) is 0 Å². The van der Waals surface area contributed by atoms with Crippen LogP contribution in [0, 0.1) is 0 Å². The Labute approximate surface area is 170 Å². The summed E-state index contributed by atoms with van der Waals surface area (Å²) in [6.45, 7) is 8.12. The SMILES string of the molecule is CCOc1ccc(OCC)c(NC(=O)COc2ccc(C(=O)OC(C)C)cc2)c1. The molecule has 156 valence electrons. The van der Waals surface area contributed by atoms with Gasteiger partial charge in [0, 0.05) is 6.07 Å². The van der Waals surface area contributed by atoms with E-state index in [2.05, 4.69) is 5.32 Å². The molecule has 0 saturated heterocycles. The first kappa shape index (κ1) is 22.1. The lowest BCUT2D eigenvalue weighted by atomic mass is 10.2. The number of anilines is 1. The van der Waals surface area contributed by atoms with E-state index >= 15 is 0 Å². The summed E-state index contributed by atoms with van der Waals surface area (Å²) in [5.74, 6) is 0.910. The number of carbonyl (C=O) groups excluding carboxylic acids is 2. The highest BCUT2D eigenvalue weighted by Crippen LogP contribution is 2.29. The minimum absolute atomic E-state index is 0.190. The van der Waals surface area contributed by atoms with Crippen LogP contribution in [-0.4, -0.2) is 37.8 Å². The highest BCUT2D eigenvalue weighted by Gasteiger charge is 2.12. The smallest absolute Gasteiger partial charge is 0.338 e. The molecule has 0 aromatic heterocycles. The van der Waals surface area contributed by atoms with Gasteiger partial charge in [-0.25, -0.2) is 4.79 Å². The van der Waals surface area contributed by atoms with Gasteiger partial charge in [0.15, 0.2) is 6.61 Å². The molecule has 7 nitrogen and oxygen atoms in total. The van der Waals surface area contributed by atoms with Crippen LogP contribution in [0.2, 0.25) is 0 Å². The zero-order valence-electron chi connectivity index (χ0n) is 17.2. The predicted molar refractivity (Wildman–Crippen MR) is 110 cm³/mol. The van der Waals surface area contributed by atoms with Crippen LogP contribution in [-0.2, 0) is 9.53 Å². The number of ether oxygens (including phenoxy) is 4. The molecule has 1 N–H and O–H groups in total. The Hall–Kier alpha value is -3.22. The van der Waals surface area contributed by atoms with Crippen LogP contribution in [0.1, 0.15) is 38.1 Å². The fraction of sp³-hybridized carbons (Fsp3) is 0.364. The van der Waals surface area contributed by atoms with E-state index in [-0.39, 0.29) is 18.6 Å². The van der Waals surface area contributed by atoms with Crippen molar-refractivity contribution in [1.82, 2.24) is 0 Å². The van der Waals surface area contributed by atoms with E-state index in [1.54, 1.807) is 56.3 Å². The molecule has 0 saturated carbocycles. The standard InChI is InChI=1S/C22H27NO6/c1-5-26-18-11-12-20(27-6-2)19(13-18)23-21(24)14-28-17-9-7-16(8-10-17)22(25)29-15(3)4/h7-13,15H,5-6,14H2,1-4H3,(H,23,24). The minimum atomic E-state index is -0.401. The molecular weight excluding hydrogens is 374 g/mol. The van der Waals surface area contributed by atoms with Gasteiger partial charge in [-0.05, 0) is 64.1 Å². The summed E-state index contributed by atoms with van der Waals surface area (Å²) in [5.41, 5.74) is 0.933. The molecule has 29 heavy (non-hydrogen) atoms. The summed E-state index contributed by atoms with van der Waals surface area (Å²) in [6.07, 6.45) is -0.190. The van der Waals surface area contributed by atoms with Gasteiger partial charge in [0.25, 0.3) is 5.91 Å². The highest BCUT2D eigenvalue weighted by molar-refractivity contribution is 5.93. The molecule has 0 heterocycles. The van der Waals surface area contributed by atoms with Crippen molar-refractivity contribution in [2.24, 2.45) is 0 Å². The van der Waals surface area contributed by atoms with Gasteiger partial charge in [0.1, 0.15) is 17.2 Å². The van der Waals surface area contributed by atoms with Gasteiger partial charge >= 0.3 is 5.97 Å². The van der Waals surface area contributed by atoms with Gasteiger partial charge < -0.3 is 24.3 Å². The number of carbonyl (C=O) groups is 2. The first-order valence-electron chi connectivity index (χ1n) is 9.56. The third kappa shape index (κ3) is 7.03. The lowest BCUT2D eigenvalue weighted by Gasteiger charge is -2.14. The normalized spacial score (nSPS) is 10.4. The molecule has 0 aliphatic heterocycles. The topological polar surface area (TPSA) is 83.1 Å². The highest BCUT2D eigenvalue weighted by atomic mass is 16.5. The number of amides is 1. The van der Waals surface area contributed by atoms with E-state index < -0.39 is 5.97 Å². The average molecular weight is 401 g/mol. The van der Waals surface area contributed by atoms with Crippen LogP contribution < -0.4 is 19.5 Å². The van der Waals surface area contributed by atoms with Crippen LogP contribution in [0.15, 0.2) is 42.5 Å². The van der Waals surface area contributed by atoms with Gasteiger partial charge in [-0.15, -0.1) is 0 Å². The van der Waals surface area contributed by atoms with Crippen LogP contribution in [0.4, 0.5) is 5.69 Å². The predicted octanol–water partition coefficient (Wildman–Crippen LogP) is 4.07. The lowest BCUT2D eigenvalue weighted by molar-refractivity contribution is -0.118. The summed E-state index contributed by atoms with van der Waals surface area (Å²) in [6, 6.07) is 11.7. The van der Waals surface area contributed by atoms with E-state index in [9.17, 15) is 9.59 Å². The maximum absolute atomic E-state index is 12.3. The molecule has 1 amide bonds.